The summed E-state index contributed by atoms with van der Waals surface area (Å²) in [6, 6.07) is 5.10. The second kappa shape index (κ2) is 6.97. The zero-order valence-corrected chi connectivity index (χ0v) is 13.3. The number of amides is 1. The molecule has 2 heterocycles. The van der Waals surface area contributed by atoms with Gasteiger partial charge in [-0.2, -0.15) is 5.10 Å². The molecule has 2 aromatic rings. The first-order valence-electron chi connectivity index (χ1n) is 7.30. The minimum atomic E-state index is -0.279. The highest BCUT2D eigenvalue weighted by atomic mass is 35.5. The molecule has 0 unspecified atom stereocenters. The van der Waals surface area contributed by atoms with Crippen LogP contribution in [-0.4, -0.2) is 40.8 Å². The zero-order valence-electron chi connectivity index (χ0n) is 12.6. The molecule has 1 aliphatic heterocycles. The maximum Gasteiger partial charge on any atom is 0.256 e. The zero-order chi connectivity index (χ0) is 16.2. The van der Waals surface area contributed by atoms with E-state index < -0.39 is 0 Å². The molecule has 2 N–H and O–H groups in total. The summed E-state index contributed by atoms with van der Waals surface area (Å²) in [5, 5.41) is 9.83. The number of carbonyl (C=O) groups excluding carboxylic acids is 1. The number of nitrogens with zero attached hydrogens (tertiary/aromatic N) is 2. The van der Waals surface area contributed by atoms with E-state index in [4.69, 9.17) is 21.1 Å². The average molecular weight is 337 g/mol. The largest absolute Gasteiger partial charge is 0.496 e. The maximum absolute atomic E-state index is 12.4. The van der Waals surface area contributed by atoms with E-state index in [1.54, 1.807) is 18.2 Å². The normalized spacial score (nSPS) is 20.4. The summed E-state index contributed by atoms with van der Waals surface area (Å²) >= 11 is 6.10. The van der Waals surface area contributed by atoms with E-state index in [0.717, 1.165) is 12.8 Å². The van der Waals surface area contributed by atoms with Crippen LogP contribution in [0, 0.1) is 0 Å². The molecule has 1 aromatic carbocycles. The lowest BCUT2D eigenvalue weighted by Gasteiger charge is -2.14. The van der Waals surface area contributed by atoms with Crippen LogP contribution in [0.15, 0.2) is 24.5 Å². The summed E-state index contributed by atoms with van der Waals surface area (Å²) in [4.78, 5) is 16.4. The molecule has 3 rings (SSSR count). The highest BCUT2D eigenvalue weighted by molar-refractivity contribution is 6.34. The molecule has 122 valence electrons. The summed E-state index contributed by atoms with van der Waals surface area (Å²) in [6.07, 6.45) is 2.96. The predicted molar refractivity (Wildman–Crippen MR) is 83.6 cm³/mol. The molecule has 23 heavy (non-hydrogen) atoms. The van der Waals surface area contributed by atoms with Gasteiger partial charge in [0, 0.05) is 6.54 Å². The lowest BCUT2D eigenvalue weighted by Crippen LogP contribution is -2.32. The molecule has 1 amide bonds. The standard InChI is InChI=1S/C15H17ClN4O3/c1-22-11-4-2-3-10(16)13(11)15(21)17-7-9-5-6-12(23-9)14-18-8-19-20-14/h2-4,8-9,12H,5-7H2,1H3,(H,17,21)(H,18,19,20)/t9-,12+/m1/s1. The van der Waals surface area contributed by atoms with Crippen molar-refractivity contribution in [1.29, 1.82) is 0 Å². The van der Waals surface area contributed by atoms with Crippen LogP contribution < -0.4 is 10.1 Å². The Labute approximate surface area is 138 Å². The molecule has 1 fully saturated rings. The van der Waals surface area contributed by atoms with Crippen molar-refractivity contribution in [2.24, 2.45) is 0 Å². The number of H-pyrrole nitrogens is 1. The van der Waals surface area contributed by atoms with Crippen molar-refractivity contribution in [2.45, 2.75) is 25.0 Å². The Morgan fingerprint density at radius 3 is 3.13 bits per heavy atom. The van der Waals surface area contributed by atoms with Crippen LogP contribution in [0.5, 0.6) is 5.75 Å². The molecule has 8 heteroatoms. The van der Waals surface area contributed by atoms with Crippen LogP contribution in [0.1, 0.15) is 35.1 Å². The van der Waals surface area contributed by atoms with Crippen molar-refractivity contribution in [3.8, 4) is 5.75 Å². The van der Waals surface area contributed by atoms with E-state index in [-0.39, 0.29) is 18.1 Å². The number of nitrogens with one attached hydrogen (secondary N) is 2. The van der Waals surface area contributed by atoms with Gasteiger partial charge in [-0.05, 0) is 25.0 Å². The topological polar surface area (TPSA) is 89.1 Å². The number of hydrogen-bond donors (Lipinski definition) is 2. The first-order chi connectivity index (χ1) is 11.2. The Morgan fingerprint density at radius 1 is 1.52 bits per heavy atom. The van der Waals surface area contributed by atoms with E-state index in [9.17, 15) is 4.79 Å². The lowest BCUT2D eigenvalue weighted by molar-refractivity contribution is 0.0392. The molecule has 2 atom stereocenters. The highest BCUT2D eigenvalue weighted by Crippen LogP contribution is 2.30. The van der Waals surface area contributed by atoms with E-state index in [1.165, 1.54) is 13.4 Å². The number of halogens is 1. The quantitative estimate of drug-likeness (QED) is 0.873. The molecule has 0 spiro atoms. The second-order valence-corrected chi connectivity index (χ2v) is 5.63. The van der Waals surface area contributed by atoms with Gasteiger partial charge >= 0.3 is 0 Å². The molecule has 0 aliphatic carbocycles. The fourth-order valence-corrected chi connectivity index (χ4v) is 2.87. The van der Waals surface area contributed by atoms with Gasteiger partial charge in [-0.15, -0.1) is 0 Å². The Hall–Kier alpha value is -2.12. The van der Waals surface area contributed by atoms with Gasteiger partial charge in [0.25, 0.3) is 5.91 Å². The number of methoxy groups -OCH3 is 1. The van der Waals surface area contributed by atoms with E-state index >= 15 is 0 Å². The minimum absolute atomic E-state index is 0.0671. The fraction of sp³-hybridized carbons (Fsp3) is 0.400. The van der Waals surface area contributed by atoms with Crippen molar-refractivity contribution in [1.82, 2.24) is 20.5 Å². The molecule has 0 radical (unpaired) electrons. The Bertz CT molecular complexity index is 677. The van der Waals surface area contributed by atoms with Gasteiger partial charge in [0.15, 0.2) is 5.82 Å². The van der Waals surface area contributed by atoms with Crippen LogP contribution >= 0.6 is 11.6 Å². The number of aromatic nitrogens is 3. The van der Waals surface area contributed by atoms with Crippen LogP contribution in [0.3, 0.4) is 0 Å². The minimum Gasteiger partial charge on any atom is -0.496 e. The molecule has 0 bridgehead atoms. The van der Waals surface area contributed by atoms with Crippen LogP contribution in [0.25, 0.3) is 0 Å². The molecular weight excluding hydrogens is 320 g/mol. The summed E-state index contributed by atoms with van der Waals surface area (Å²) in [5.74, 6) is 0.882. The summed E-state index contributed by atoms with van der Waals surface area (Å²) in [6.45, 7) is 0.401. The van der Waals surface area contributed by atoms with Crippen LogP contribution in [-0.2, 0) is 4.74 Å². The Morgan fingerprint density at radius 2 is 2.39 bits per heavy atom. The van der Waals surface area contributed by atoms with Crippen molar-refractivity contribution < 1.29 is 14.3 Å². The van der Waals surface area contributed by atoms with Crippen molar-refractivity contribution in [3.63, 3.8) is 0 Å². The number of rotatable bonds is 5. The van der Waals surface area contributed by atoms with Crippen molar-refractivity contribution in [2.75, 3.05) is 13.7 Å². The monoisotopic (exact) mass is 336 g/mol. The predicted octanol–water partition coefficient (Wildman–Crippen LogP) is 2.12. The van der Waals surface area contributed by atoms with Gasteiger partial charge in [0.2, 0.25) is 0 Å². The van der Waals surface area contributed by atoms with Gasteiger partial charge in [0.05, 0.1) is 23.8 Å². The smallest absolute Gasteiger partial charge is 0.256 e. The molecule has 1 aromatic heterocycles. The molecular formula is C15H17ClN4O3. The van der Waals surface area contributed by atoms with Crippen molar-refractivity contribution >= 4 is 17.5 Å². The second-order valence-electron chi connectivity index (χ2n) is 5.22. The first kappa shape index (κ1) is 15.8. The lowest BCUT2D eigenvalue weighted by atomic mass is 10.1. The van der Waals surface area contributed by atoms with Gasteiger partial charge in [0.1, 0.15) is 18.2 Å². The third-order valence-corrected chi connectivity index (χ3v) is 4.07. The molecule has 1 saturated heterocycles. The maximum atomic E-state index is 12.4. The van der Waals surface area contributed by atoms with Crippen molar-refractivity contribution in [3.05, 3.63) is 40.9 Å². The number of aromatic amines is 1. The Kier molecular flexibility index (Phi) is 4.78. The van der Waals surface area contributed by atoms with E-state index in [0.29, 0.717) is 28.7 Å². The third-order valence-electron chi connectivity index (χ3n) is 3.76. The SMILES string of the molecule is COc1cccc(Cl)c1C(=O)NC[C@H]1CC[C@@H](c2ncn[nH]2)O1. The van der Waals surface area contributed by atoms with Gasteiger partial charge < -0.3 is 14.8 Å². The highest BCUT2D eigenvalue weighted by Gasteiger charge is 2.29. The number of ether oxygens (including phenoxy) is 2. The van der Waals surface area contributed by atoms with Crippen LogP contribution in [0.2, 0.25) is 5.02 Å². The molecule has 1 aliphatic rings. The number of benzene rings is 1. The summed E-state index contributed by atoms with van der Waals surface area (Å²) < 4.78 is 11.1. The molecule has 7 nitrogen and oxygen atoms in total. The first-order valence-corrected chi connectivity index (χ1v) is 7.68. The van der Waals surface area contributed by atoms with E-state index in [2.05, 4.69) is 20.5 Å². The summed E-state index contributed by atoms with van der Waals surface area (Å²) in [5.41, 5.74) is 0.335. The van der Waals surface area contributed by atoms with E-state index in [1.807, 2.05) is 0 Å². The average Bonchev–Trinajstić information content (AvgIpc) is 3.23. The van der Waals surface area contributed by atoms with Gasteiger partial charge in [-0.25, -0.2) is 4.98 Å². The van der Waals surface area contributed by atoms with Gasteiger partial charge in [-0.1, -0.05) is 17.7 Å². The Balaban J connectivity index is 1.58. The summed E-state index contributed by atoms with van der Waals surface area (Å²) in [7, 11) is 1.50. The molecule has 0 saturated carbocycles. The fourth-order valence-electron chi connectivity index (χ4n) is 2.62. The third kappa shape index (κ3) is 3.46. The van der Waals surface area contributed by atoms with Gasteiger partial charge in [-0.3, -0.25) is 9.89 Å². The number of carbonyl (C=O) groups is 1. The number of hydrogen-bond acceptors (Lipinski definition) is 5. The van der Waals surface area contributed by atoms with Crippen LogP contribution in [0.4, 0.5) is 0 Å².